The van der Waals surface area contributed by atoms with Crippen LogP contribution in [0, 0.1) is 0 Å². The number of rotatable bonds is 5. The van der Waals surface area contributed by atoms with Gasteiger partial charge in [0, 0.05) is 18.8 Å². The topological polar surface area (TPSA) is 3.24 Å². The van der Waals surface area contributed by atoms with Crippen LogP contribution >= 0.6 is 0 Å². The van der Waals surface area contributed by atoms with Crippen LogP contribution in [0.25, 0.3) is 0 Å². The van der Waals surface area contributed by atoms with Crippen LogP contribution in [0.1, 0.15) is 46.6 Å². The van der Waals surface area contributed by atoms with Crippen LogP contribution in [-0.2, 0) is 6.42 Å². The van der Waals surface area contributed by atoms with Gasteiger partial charge in [-0.15, -0.1) is 0 Å². The summed E-state index contributed by atoms with van der Waals surface area (Å²) in [7, 11) is 0. The molecule has 0 spiro atoms. The second-order valence-electron chi connectivity index (χ2n) is 3.56. The third kappa shape index (κ3) is 4.26. The van der Waals surface area contributed by atoms with Crippen LogP contribution in [0.4, 0.5) is 5.69 Å². The molecule has 92 valence electrons. The maximum absolute atomic E-state index is 2.46. The number of hydrogen-bond acceptors (Lipinski definition) is 1. The van der Waals surface area contributed by atoms with Crippen molar-refractivity contribution < 1.29 is 0 Å². The molecule has 0 radical (unpaired) electrons. The Kier molecular flexibility index (Phi) is 8.69. The number of anilines is 1. The van der Waals surface area contributed by atoms with E-state index < -0.39 is 0 Å². The van der Waals surface area contributed by atoms with Gasteiger partial charge in [0.1, 0.15) is 0 Å². The molecule has 0 bridgehead atoms. The minimum Gasteiger partial charge on any atom is -0.372 e. The molecule has 0 amide bonds. The minimum atomic E-state index is 1.10. The van der Waals surface area contributed by atoms with Crippen molar-refractivity contribution in [1.29, 1.82) is 0 Å². The lowest BCUT2D eigenvalue weighted by molar-refractivity contribution is 0.786. The Balaban J connectivity index is 0.00000106. The summed E-state index contributed by atoms with van der Waals surface area (Å²) in [5, 5.41) is 0. The zero-order valence-corrected chi connectivity index (χ0v) is 11.6. The smallest absolute Gasteiger partial charge is 0.0398 e. The number of hydrogen-bond donors (Lipinski definition) is 0. The summed E-state index contributed by atoms with van der Waals surface area (Å²) in [6.07, 6.45) is 2.34. The van der Waals surface area contributed by atoms with Crippen molar-refractivity contribution in [3.8, 4) is 0 Å². The average Bonchev–Trinajstić information content (AvgIpc) is 2.38. The molecule has 1 rings (SSSR count). The maximum atomic E-state index is 2.46. The Morgan fingerprint density at radius 2 is 1.62 bits per heavy atom. The molecule has 1 heteroatoms. The summed E-state index contributed by atoms with van der Waals surface area (Å²) in [5.74, 6) is 0. The van der Waals surface area contributed by atoms with Crippen molar-refractivity contribution in [2.45, 2.75) is 47.5 Å². The zero-order chi connectivity index (χ0) is 12.4. The van der Waals surface area contributed by atoms with Crippen molar-refractivity contribution in [3.63, 3.8) is 0 Å². The molecule has 0 saturated heterocycles. The predicted octanol–water partition coefficient (Wildman–Crippen LogP) is 4.51. The standard InChI is InChI=1S/C13H21N.C2H6/c1-4-11-14(6-3)13-10-8-7-9-12(13)5-2;1-2/h7-10H,4-6,11H2,1-3H3;1-2H3. The van der Waals surface area contributed by atoms with E-state index >= 15 is 0 Å². The van der Waals surface area contributed by atoms with E-state index in [2.05, 4.69) is 49.9 Å². The third-order valence-corrected chi connectivity index (χ3v) is 2.59. The van der Waals surface area contributed by atoms with Crippen LogP contribution in [0.5, 0.6) is 0 Å². The van der Waals surface area contributed by atoms with Gasteiger partial charge >= 0.3 is 0 Å². The Bertz CT molecular complexity index is 268. The van der Waals surface area contributed by atoms with Crippen molar-refractivity contribution >= 4 is 5.69 Å². The first-order valence-electron chi connectivity index (χ1n) is 6.66. The fraction of sp³-hybridized carbons (Fsp3) is 0.600. The molecule has 0 atom stereocenters. The predicted molar refractivity (Wildman–Crippen MR) is 75.3 cm³/mol. The maximum Gasteiger partial charge on any atom is 0.0398 e. The summed E-state index contributed by atoms with van der Waals surface area (Å²) in [6, 6.07) is 8.72. The Morgan fingerprint density at radius 1 is 1.00 bits per heavy atom. The van der Waals surface area contributed by atoms with Crippen LogP contribution < -0.4 is 4.90 Å². The van der Waals surface area contributed by atoms with Crippen LogP contribution in [-0.4, -0.2) is 13.1 Å². The lowest BCUT2D eigenvalue weighted by atomic mass is 10.1. The average molecular weight is 221 g/mol. The first kappa shape index (κ1) is 15.0. The minimum absolute atomic E-state index is 1.10. The first-order chi connectivity index (χ1) is 7.83. The highest BCUT2D eigenvalue weighted by molar-refractivity contribution is 5.53. The highest BCUT2D eigenvalue weighted by Gasteiger charge is 2.06. The van der Waals surface area contributed by atoms with Gasteiger partial charge in [0.25, 0.3) is 0 Å². The van der Waals surface area contributed by atoms with Gasteiger partial charge in [0.05, 0.1) is 0 Å². The quantitative estimate of drug-likeness (QED) is 0.707. The molecule has 1 aromatic carbocycles. The summed E-state index contributed by atoms with van der Waals surface area (Å²) >= 11 is 0. The highest BCUT2D eigenvalue weighted by atomic mass is 15.1. The van der Waals surface area contributed by atoms with Crippen molar-refractivity contribution in [3.05, 3.63) is 29.8 Å². The summed E-state index contributed by atoms with van der Waals surface area (Å²) in [5.41, 5.74) is 2.88. The molecule has 0 aliphatic carbocycles. The Morgan fingerprint density at radius 3 is 2.12 bits per heavy atom. The van der Waals surface area contributed by atoms with E-state index in [9.17, 15) is 0 Å². The van der Waals surface area contributed by atoms with Crippen molar-refractivity contribution in [1.82, 2.24) is 0 Å². The largest absolute Gasteiger partial charge is 0.372 e. The van der Waals surface area contributed by atoms with E-state index in [1.165, 1.54) is 17.7 Å². The fourth-order valence-corrected chi connectivity index (χ4v) is 1.84. The molecule has 0 saturated carbocycles. The van der Waals surface area contributed by atoms with E-state index in [4.69, 9.17) is 0 Å². The van der Waals surface area contributed by atoms with E-state index in [0.717, 1.165) is 19.5 Å². The molecule has 0 aliphatic rings. The first-order valence-corrected chi connectivity index (χ1v) is 6.66. The van der Waals surface area contributed by atoms with Crippen molar-refractivity contribution in [2.24, 2.45) is 0 Å². The summed E-state index contributed by atoms with van der Waals surface area (Å²) in [6.45, 7) is 12.9. The molecule has 1 aromatic rings. The van der Waals surface area contributed by atoms with E-state index in [0.29, 0.717) is 0 Å². The summed E-state index contributed by atoms with van der Waals surface area (Å²) < 4.78 is 0. The van der Waals surface area contributed by atoms with Gasteiger partial charge in [-0.25, -0.2) is 0 Å². The molecule has 16 heavy (non-hydrogen) atoms. The molecule has 0 N–H and O–H groups in total. The van der Waals surface area contributed by atoms with Crippen LogP contribution in [0.2, 0.25) is 0 Å². The van der Waals surface area contributed by atoms with E-state index in [-0.39, 0.29) is 0 Å². The number of para-hydroxylation sites is 1. The van der Waals surface area contributed by atoms with Gasteiger partial charge in [-0.2, -0.15) is 0 Å². The van der Waals surface area contributed by atoms with Crippen molar-refractivity contribution in [2.75, 3.05) is 18.0 Å². The molecule has 0 unspecified atom stereocenters. The molecule has 0 aromatic heterocycles. The number of benzene rings is 1. The molecule has 0 heterocycles. The second-order valence-corrected chi connectivity index (χ2v) is 3.56. The normalized spacial score (nSPS) is 9.31. The highest BCUT2D eigenvalue weighted by Crippen LogP contribution is 2.20. The molecule has 1 nitrogen and oxygen atoms in total. The Hall–Kier alpha value is -0.980. The van der Waals surface area contributed by atoms with E-state index in [1.54, 1.807) is 0 Å². The van der Waals surface area contributed by atoms with E-state index in [1.807, 2.05) is 13.8 Å². The zero-order valence-electron chi connectivity index (χ0n) is 11.6. The lowest BCUT2D eigenvalue weighted by Crippen LogP contribution is -2.24. The molecule has 0 fully saturated rings. The third-order valence-electron chi connectivity index (χ3n) is 2.59. The lowest BCUT2D eigenvalue weighted by Gasteiger charge is -2.24. The van der Waals surface area contributed by atoms with Gasteiger partial charge < -0.3 is 4.90 Å². The van der Waals surface area contributed by atoms with Gasteiger partial charge in [-0.05, 0) is 31.4 Å². The van der Waals surface area contributed by atoms with Gasteiger partial charge in [0.15, 0.2) is 0 Å². The number of aryl methyl sites for hydroxylation is 1. The SMILES string of the molecule is CC.CCCN(CC)c1ccccc1CC. The van der Waals surface area contributed by atoms with Gasteiger partial charge in [-0.1, -0.05) is 45.9 Å². The molecule has 0 aliphatic heterocycles. The van der Waals surface area contributed by atoms with Crippen LogP contribution in [0.3, 0.4) is 0 Å². The fourth-order valence-electron chi connectivity index (χ4n) is 1.84. The molecular formula is C15H27N. The van der Waals surface area contributed by atoms with Gasteiger partial charge in [-0.3, -0.25) is 0 Å². The Labute approximate surface area is 101 Å². The summed E-state index contributed by atoms with van der Waals surface area (Å²) in [4.78, 5) is 2.46. The van der Waals surface area contributed by atoms with Gasteiger partial charge in [0.2, 0.25) is 0 Å². The second kappa shape index (κ2) is 9.26. The van der Waals surface area contributed by atoms with Crippen LogP contribution in [0.15, 0.2) is 24.3 Å². The monoisotopic (exact) mass is 221 g/mol. The number of nitrogens with zero attached hydrogens (tertiary/aromatic N) is 1. The molecular weight excluding hydrogens is 194 g/mol.